The molecule has 1 amide bonds. The second-order valence-corrected chi connectivity index (χ2v) is 7.97. The molecule has 2 aromatic rings. The molecule has 3 rings (SSSR count). The number of ether oxygens (including phenoxy) is 1. The van der Waals surface area contributed by atoms with Crippen LogP contribution in [-0.2, 0) is 16.0 Å². The zero-order chi connectivity index (χ0) is 19.1. The Bertz CT molecular complexity index is 714. The molecule has 0 atom stereocenters. The number of carbonyl (C=O) groups is 1. The molecule has 1 aromatic carbocycles. The van der Waals surface area contributed by atoms with E-state index in [2.05, 4.69) is 35.3 Å². The number of anilines is 1. The van der Waals surface area contributed by atoms with Gasteiger partial charge in [0.2, 0.25) is 11.0 Å². The maximum absolute atomic E-state index is 12.5. The van der Waals surface area contributed by atoms with Crippen molar-refractivity contribution in [1.82, 2.24) is 14.3 Å². The molecular formula is C20H28N4O2S. The van der Waals surface area contributed by atoms with E-state index in [-0.39, 0.29) is 5.91 Å². The van der Waals surface area contributed by atoms with Gasteiger partial charge in [-0.05, 0) is 11.5 Å². The predicted molar refractivity (Wildman–Crippen MR) is 108 cm³/mol. The highest BCUT2D eigenvalue weighted by Gasteiger charge is 2.20. The number of hydrogen-bond acceptors (Lipinski definition) is 6. The zero-order valence-electron chi connectivity index (χ0n) is 16.1. The molecule has 1 saturated heterocycles. The molecule has 146 valence electrons. The van der Waals surface area contributed by atoms with Gasteiger partial charge in [0.1, 0.15) is 5.82 Å². The number of morpholine rings is 1. The Morgan fingerprint density at radius 2 is 2.00 bits per heavy atom. The van der Waals surface area contributed by atoms with Crippen LogP contribution in [0, 0.1) is 5.92 Å². The van der Waals surface area contributed by atoms with Crippen LogP contribution in [-0.4, -0.2) is 59.6 Å². The van der Waals surface area contributed by atoms with E-state index in [1.165, 1.54) is 17.1 Å². The van der Waals surface area contributed by atoms with Crippen molar-refractivity contribution in [2.24, 2.45) is 5.92 Å². The number of aromatic nitrogens is 2. The summed E-state index contributed by atoms with van der Waals surface area (Å²) in [4.78, 5) is 21.3. The molecule has 6 nitrogen and oxygen atoms in total. The standard InChI is InChI=1S/C20H28N4O2S/c1-16(2)15-24(9-8-19(25)23-10-12-26-13-11-23)20-21-18(22-27-20)14-17-6-4-3-5-7-17/h3-7,16H,8-15H2,1-2H3. The van der Waals surface area contributed by atoms with Gasteiger partial charge in [0.25, 0.3) is 0 Å². The molecule has 1 aliphatic rings. The van der Waals surface area contributed by atoms with E-state index in [1.807, 2.05) is 23.1 Å². The minimum absolute atomic E-state index is 0.195. The van der Waals surface area contributed by atoms with Gasteiger partial charge >= 0.3 is 0 Å². The van der Waals surface area contributed by atoms with Gasteiger partial charge in [-0.15, -0.1) is 0 Å². The Morgan fingerprint density at radius 1 is 1.26 bits per heavy atom. The molecule has 2 heterocycles. The van der Waals surface area contributed by atoms with Crippen LogP contribution in [0.3, 0.4) is 0 Å². The predicted octanol–water partition coefficient (Wildman–Crippen LogP) is 2.84. The minimum atomic E-state index is 0.195. The first-order valence-corrected chi connectivity index (χ1v) is 10.4. The fourth-order valence-electron chi connectivity index (χ4n) is 3.13. The van der Waals surface area contributed by atoms with E-state index in [0.717, 1.165) is 23.9 Å². The molecule has 1 aromatic heterocycles. The lowest BCUT2D eigenvalue weighted by atomic mass is 10.1. The van der Waals surface area contributed by atoms with Crippen molar-refractivity contribution < 1.29 is 9.53 Å². The maximum Gasteiger partial charge on any atom is 0.224 e. The summed E-state index contributed by atoms with van der Waals surface area (Å²) in [5.41, 5.74) is 1.21. The van der Waals surface area contributed by atoms with Crippen molar-refractivity contribution in [2.45, 2.75) is 26.7 Å². The molecule has 0 N–H and O–H groups in total. The number of amides is 1. The first kappa shape index (κ1) is 19.8. The van der Waals surface area contributed by atoms with Crippen LogP contribution < -0.4 is 4.90 Å². The normalized spacial score (nSPS) is 14.6. The van der Waals surface area contributed by atoms with Crippen molar-refractivity contribution in [3.05, 3.63) is 41.7 Å². The van der Waals surface area contributed by atoms with Gasteiger partial charge < -0.3 is 14.5 Å². The van der Waals surface area contributed by atoms with Gasteiger partial charge in [-0.3, -0.25) is 4.79 Å². The number of benzene rings is 1. The summed E-state index contributed by atoms with van der Waals surface area (Å²) in [6, 6.07) is 10.3. The number of rotatable bonds is 8. The van der Waals surface area contributed by atoms with E-state index in [0.29, 0.717) is 45.2 Å². The lowest BCUT2D eigenvalue weighted by molar-refractivity contribution is -0.135. The Morgan fingerprint density at radius 3 is 2.70 bits per heavy atom. The first-order valence-electron chi connectivity index (χ1n) is 9.59. The largest absolute Gasteiger partial charge is 0.378 e. The van der Waals surface area contributed by atoms with Crippen molar-refractivity contribution in [1.29, 1.82) is 0 Å². The third-order valence-electron chi connectivity index (χ3n) is 4.48. The molecular weight excluding hydrogens is 360 g/mol. The minimum Gasteiger partial charge on any atom is -0.378 e. The van der Waals surface area contributed by atoms with Crippen LogP contribution in [0.5, 0.6) is 0 Å². The zero-order valence-corrected chi connectivity index (χ0v) is 17.0. The third-order valence-corrected chi connectivity index (χ3v) is 5.29. The highest BCUT2D eigenvalue weighted by atomic mass is 32.1. The van der Waals surface area contributed by atoms with Gasteiger partial charge in [0.15, 0.2) is 0 Å². The summed E-state index contributed by atoms with van der Waals surface area (Å²) in [6.07, 6.45) is 1.24. The maximum atomic E-state index is 12.5. The number of carbonyl (C=O) groups excluding carboxylic acids is 1. The molecule has 0 aliphatic carbocycles. The van der Waals surface area contributed by atoms with Crippen molar-refractivity contribution >= 4 is 22.6 Å². The van der Waals surface area contributed by atoms with Crippen molar-refractivity contribution in [3.8, 4) is 0 Å². The molecule has 0 saturated carbocycles. The Hall–Kier alpha value is -1.99. The van der Waals surface area contributed by atoms with Crippen LogP contribution >= 0.6 is 11.5 Å². The molecule has 1 fully saturated rings. The van der Waals surface area contributed by atoms with Crippen LogP contribution in [0.15, 0.2) is 30.3 Å². The molecule has 1 aliphatic heterocycles. The summed E-state index contributed by atoms with van der Waals surface area (Å²) in [5.74, 6) is 1.53. The van der Waals surface area contributed by atoms with Gasteiger partial charge in [-0.1, -0.05) is 44.2 Å². The summed E-state index contributed by atoms with van der Waals surface area (Å²) < 4.78 is 9.86. The SMILES string of the molecule is CC(C)CN(CCC(=O)N1CCOCC1)c1nc(Cc2ccccc2)ns1. The quantitative estimate of drug-likeness (QED) is 0.696. The molecule has 0 spiro atoms. The van der Waals surface area contributed by atoms with E-state index < -0.39 is 0 Å². The summed E-state index contributed by atoms with van der Waals surface area (Å²) in [7, 11) is 0. The Kier molecular flexibility index (Phi) is 7.18. The van der Waals surface area contributed by atoms with Crippen LogP contribution in [0.25, 0.3) is 0 Å². The molecule has 0 unspecified atom stereocenters. The summed E-state index contributed by atoms with van der Waals surface area (Å²) in [5, 5.41) is 0.907. The van der Waals surface area contributed by atoms with Gasteiger partial charge in [0.05, 0.1) is 13.2 Å². The summed E-state index contributed by atoms with van der Waals surface area (Å²) >= 11 is 1.43. The van der Waals surface area contributed by atoms with Crippen LogP contribution in [0.4, 0.5) is 5.13 Å². The smallest absolute Gasteiger partial charge is 0.224 e. The number of nitrogens with zero attached hydrogens (tertiary/aromatic N) is 4. The fraction of sp³-hybridized carbons (Fsp3) is 0.550. The Balaban J connectivity index is 1.61. The van der Waals surface area contributed by atoms with Crippen molar-refractivity contribution in [2.75, 3.05) is 44.3 Å². The van der Waals surface area contributed by atoms with E-state index in [4.69, 9.17) is 9.72 Å². The van der Waals surface area contributed by atoms with Crippen molar-refractivity contribution in [3.63, 3.8) is 0 Å². The molecule has 7 heteroatoms. The average molecular weight is 389 g/mol. The lowest BCUT2D eigenvalue weighted by Crippen LogP contribution is -2.42. The average Bonchev–Trinajstić information content (AvgIpc) is 3.14. The first-order chi connectivity index (χ1) is 13.1. The van der Waals surface area contributed by atoms with Crippen LogP contribution in [0.2, 0.25) is 0 Å². The third kappa shape index (κ3) is 6.01. The highest BCUT2D eigenvalue weighted by molar-refractivity contribution is 7.09. The monoisotopic (exact) mass is 388 g/mol. The lowest BCUT2D eigenvalue weighted by Gasteiger charge is -2.28. The molecule has 27 heavy (non-hydrogen) atoms. The summed E-state index contributed by atoms with van der Waals surface area (Å²) in [6.45, 7) is 8.59. The topological polar surface area (TPSA) is 58.6 Å². The molecule has 0 radical (unpaired) electrons. The van der Waals surface area contributed by atoms with Gasteiger partial charge in [-0.25, -0.2) is 4.98 Å². The Labute approximate surface area is 165 Å². The van der Waals surface area contributed by atoms with Gasteiger partial charge in [0, 0.05) is 50.6 Å². The van der Waals surface area contributed by atoms with E-state index in [9.17, 15) is 4.79 Å². The second-order valence-electron chi connectivity index (χ2n) is 7.24. The molecule has 0 bridgehead atoms. The van der Waals surface area contributed by atoms with Gasteiger partial charge in [-0.2, -0.15) is 4.37 Å². The number of hydrogen-bond donors (Lipinski definition) is 0. The fourth-order valence-corrected chi connectivity index (χ4v) is 3.85. The highest BCUT2D eigenvalue weighted by Crippen LogP contribution is 2.21. The van der Waals surface area contributed by atoms with Crippen LogP contribution in [0.1, 0.15) is 31.7 Å². The van der Waals surface area contributed by atoms with E-state index in [1.54, 1.807) is 0 Å². The van der Waals surface area contributed by atoms with E-state index >= 15 is 0 Å². The second kappa shape index (κ2) is 9.80.